The van der Waals surface area contributed by atoms with Crippen LogP contribution < -0.4 is 15.2 Å². The minimum Gasteiger partial charge on any atom is -0.493 e. The molecule has 108 valence electrons. The minimum absolute atomic E-state index is 0. The summed E-state index contributed by atoms with van der Waals surface area (Å²) in [5.41, 5.74) is 7.29. The summed E-state index contributed by atoms with van der Waals surface area (Å²) < 4.78 is 10.5. The van der Waals surface area contributed by atoms with Crippen LogP contribution in [-0.2, 0) is 0 Å². The van der Waals surface area contributed by atoms with Crippen molar-refractivity contribution >= 4 is 24.0 Å². The van der Waals surface area contributed by atoms with Gasteiger partial charge in [0, 0.05) is 6.04 Å². The Morgan fingerprint density at radius 2 is 1.84 bits per heavy atom. The molecule has 0 radical (unpaired) electrons. The fourth-order valence-corrected chi connectivity index (χ4v) is 3.09. The molecule has 0 unspecified atom stereocenters. The molecule has 0 amide bonds. The van der Waals surface area contributed by atoms with E-state index in [0.29, 0.717) is 22.4 Å². The van der Waals surface area contributed by atoms with Crippen LogP contribution in [0.15, 0.2) is 12.1 Å². The van der Waals surface area contributed by atoms with E-state index in [1.807, 2.05) is 12.1 Å². The van der Waals surface area contributed by atoms with Crippen LogP contribution in [0, 0.1) is 5.92 Å². The standard InChI is InChI=1S/C14H20ClNO2.ClH/c1-17-11-8-7-10(12(15)14(11)18-2)13(16)9-5-3-4-6-9;/h7-9,13H,3-6,16H2,1-2H3;1H/t13-;/m0./s1. The van der Waals surface area contributed by atoms with Gasteiger partial charge in [0.2, 0.25) is 0 Å². The Hall–Kier alpha value is -0.640. The number of nitrogens with two attached hydrogens (primary N) is 1. The first kappa shape index (κ1) is 16.4. The second-order valence-electron chi connectivity index (χ2n) is 4.77. The van der Waals surface area contributed by atoms with Crippen molar-refractivity contribution < 1.29 is 9.47 Å². The highest BCUT2D eigenvalue weighted by molar-refractivity contribution is 6.33. The normalized spacial score (nSPS) is 16.8. The Labute approximate surface area is 125 Å². The number of methoxy groups -OCH3 is 2. The summed E-state index contributed by atoms with van der Waals surface area (Å²) in [4.78, 5) is 0. The van der Waals surface area contributed by atoms with E-state index in [1.54, 1.807) is 14.2 Å². The van der Waals surface area contributed by atoms with Crippen molar-refractivity contribution in [3.05, 3.63) is 22.7 Å². The third-order valence-corrected chi connectivity index (χ3v) is 4.17. The quantitative estimate of drug-likeness (QED) is 0.915. The average molecular weight is 306 g/mol. The van der Waals surface area contributed by atoms with Gasteiger partial charge in [-0.15, -0.1) is 12.4 Å². The summed E-state index contributed by atoms with van der Waals surface area (Å²) in [7, 11) is 3.19. The van der Waals surface area contributed by atoms with Crippen LogP contribution in [0.5, 0.6) is 11.5 Å². The molecule has 3 nitrogen and oxygen atoms in total. The highest BCUT2D eigenvalue weighted by Crippen LogP contribution is 2.43. The molecule has 1 fully saturated rings. The van der Waals surface area contributed by atoms with Crippen molar-refractivity contribution in [1.82, 2.24) is 0 Å². The van der Waals surface area contributed by atoms with Crippen molar-refractivity contribution in [2.45, 2.75) is 31.7 Å². The Morgan fingerprint density at radius 1 is 1.21 bits per heavy atom. The molecule has 2 rings (SSSR count). The summed E-state index contributed by atoms with van der Waals surface area (Å²) in [5, 5.41) is 0.580. The van der Waals surface area contributed by atoms with Gasteiger partial charge >= 0.3 is 0 Å². The van der Waals surface area contributed by atoms with Crippen LogP contribution in [0.25, 0.3) is 0 Å². The number of ether oxygens (including phenoxy) is 2. The van der Waals surface area contributed by atoms with Gasteiger partial charge in [-0.05, 0) is 30.4 Å². The van der Waals surface area contributed by atoms with E-state index >= 15 is 0 Å². The lowest BCUT2D eigenvalue weighted by atomic mass is 9.92. The van der Waals surface area contributed by atoms with E-state index in [4.69, 9.17) is 26.8 Å². The monoisotopic (exact) mass is 305 g/mol. The molecule has 5 heteroatoms. The lowest BCUT2D eigenvalue weighted by molar-refractivity contribution is 0.353. The predicted molar refractivity (Wildman–Crippen MR) is 80.7 cm³/mol. The maximum atomic E-state index is 6.38. The van der Waals surface area contributed by atoms with Crippen molar-refractivity contribution in [1.29, 1.82) is 0 Å². The lowest BCUT2D eigenvalue weighted by Gasteiger charge is -2.22. The fraction of sp³-hybridized carbons (Fsp3) is 0.571. The molecule has 1 aromatic carbocycles. The second-order valence-corrected chi connectivity index (χ2v) is 5.15. The van der Waals surface area contributed by atoms with Crippen molar-refractivity contribution in [3.8, 4) is 11.5 Å². The van der Waals surface area contributed by atoms with Crippen molar-refractivity contribution in [3.63, 3.8) is 0 Å². The first-order valence-electron chi connectivity index (χ1n) is 6.35. The smallest absolute Gasteiger partial charge is 0.179 e. The summed E-state index contributed by atoms with van der Waals surface area (Å²) in [5.74, 6) is 1.75. The molecule has 1 aliphatic rings. The molecular weight excluding hydrogens is 285 g/mol. The van der Waals surface area contributed by atoms with Crippen molar-refractivity contribution in [2.75, 3.05) is 14.2 Å². The van der Waals surface area contributed by atoms with Gasteiger partial charge in [0.1, 0.15) is 0 Å². The SMILES string of the molecule is COc1ccc([C@@H](N)C2CCCC2)c(Cl)c1OC.Cl. The van der Waals surface area contributed by atoms with Gasteiger partial charge in [0.25, 0.3) is 0 Å². The van der Waals surface area contributed by atoms with Gasteiger partial charge in [0.05, 0.1) is 19.2 Å². The molecule has 19 heavy (non-hydrogen) atoms. The highest BCUT2D eigenvalue weighted by atomic mass is 35.5. The molecule has 1 aromatic rings. The van der Waals surface area contributed by atoms with Gasteiger partial charge in [-0.3, -0.25) is 0 Å². The largest absolute Gasteiger partial charge is 0.493 e. The van der Waals surface area contributed by atoms with E-state index < -0.39 is 0 Å². The molecule has 2 N–H and O–H groups in total. The molecule has 0 aliphatic heterocycles. The number of halogens is 2. The van der Waals surface area contributed by atoms with Crippen LogP contribution >= 0.6 is 24.0 Å². The summed E-state index contributed by atoms with van der Waals surface area (Å²) in [6.07, 6.45) is 4.91. The fourth-order valence-electron chi connectivity index (χ4n) is 2.73. The second kappa shape index (κ2) is 7.22. The zero-order valence-corrected chi connectivity index (χ0v) is 12.9. The van der Waals surface area contributed by atoms with Crippen molar-refractivity contribution in [2.24, 2.45) is 11.7 Å². The minimum atomic E-state index is -0.0141. The van der Waals surface area contributed by atoms with Gasteiger partial charge in [-0.2, -0.15) is 0 Å². The molecule has 0 bridgehead atoms. The molecule has 1 atom stereocenters. The highest BCUT2D eigenvalue weighted by Gasteiger charge is 2.26. The lowest BCUT2D eigenvalue weighted by Crippen LogP contribution is -2.19. The maximum Gasteiger partial charge on any atom is 0.179 e. The van der Waals surface area contributed by atoms with Gasteiger partial charge in [0.15, 0.2) is 11.5 Å². The summed E-state index contributed by atoms with van der Waals surface area (Å²) in [6.45, 7) is 0. The molecule has 1 aliphatic carbocycles. The number of rotatable bonds is 4. The van der Waals surface area contributed by atoms with Gasteiger partial charge in [-0.25, -0.2) is 0 Å². The Bertz CT molecular complexity index is 420. The van der Waals surface area contributed by atoms with E-state index in [-0.39, 0.29) is 18.4 Å². The zero-order chi connectivity index (χ0) is 13.1. The van der Waals surface area contributed by atoms with E-state index in [2.05, 4.69) is 0 Å². The zero-order valence-electron chi connectivity index (χ0n) is 11.3. The third-order valence-electron chi connectivity index (χ3n) is 3.78. The maximum absolute atomic E-state index is 6.38. The summed E-state index contributed by atoms with van der Waals surface area (Å²) in [6, 6.07) is 3.81. The average Bonchev–Trinajstić information content (AvgIpc) is 2.91. The van der Waals surface area contributed by atoms with E-state index in [0.717, 1.165) is 5.56 Å². The molecule has 0 spiro atoms. The first-order valence-corrected chi connectivity index (χ1v) is 6.72. The molecule has 0 saturated heterocycles. The first-order chi connectivity index (χ1) is 8.69. The van der Waals surface area contributed by atoms with Crippen LogP contribution in [0.3, 0.4) is 0 Å². The third kappa shape index (κ3) is 3.28. The van der Waals surface area contributed by atoms with Crippen LogP contribution in [0.4, 0.5) is 0 Å². The van der Waals surface area contributed by atoms with Gasteiger partial charge < -0.3 is 15.2 Å². The molecule has 0 heterocycles. The Morgan fingerprint density at radius 3 is 2.37 bits per heavy atom. The molecule has 0 aromatic heterocycles. The van der Waals surface area contributed by atoms with Gasteiger partial charge in [-0.1, -0.05) is 30.5 Å². The molecular formula is C14H21Cl2NO2. The Kier molecular flexibility index (Phi) is 6.24. The number of hydrogen-bond acceptors (Lipinski definition) is 3. The van der Waals surface area contributed by atoms with Crippen LogP contribution in [-0.4, -0.2) is 14.2 Å². The molecule has 1 saturated carbocycles. The van der Waals surface area contributed by atoms with E-state index in [1.165, 1.54) is 25.7 Å². The Balaban J connectivity index is 0.00000180. The number of hydrogen-bond donors (Lipinski definition) is 1. The van der Waals surface area contributed by atoms with E-state index in [9.17, 15) is 0 Å². The number of benzene rings is 1. The van der Waals surface area contributed by atoms with Crippen LogP contribution in [0.2, 0.25) is 5.02 Å². The summed E-state index contributed by atoms with van der Waals surface area (Å²) >= 11 is 6.38. The van der Waals surface area contributed by atoms with Crippen LogP contribution in [0.1, 0.15) is 37.3 Å². The topological polar surface area (TPSA) is 44.5 Å². The predicted octanol–water partition coefficient (Wildman–Crippen LogP) is 3.97.